The van der Waals surface area contributed by atoms with E-state index in [0.717, 1.165) is 42.2 Å². The molecule has 3 rings (SSSR count). The Kier molecular flexibility index (Phi) is 6.70. The minimum Gasteiger partial charge on any atom is -0.462 e. The van der Waals surface area contributed by atoms with Crippen LogP contribution in [0.1, 0.15) is 46.1 Å². The molecule has 1 heterocycles. The zero-order chi connectivity index (χ0) is 21.2. The molecule has 0 aliphatic heterocycles. The lowest BCUT2D eigenvalue weighted by molar-refractivity contribution is -0.136. The fourth-order valence-corrected chi connectivity index (χ4v) is 4.92. The second-order valence-electron chi connectivity index (χ2n) is 6.40. The maximum absolute atomic E-state index is 13.3. The SMILES string of the molecule is CCOC(=O)c1c(NC(=S)Nc2ccc(Cl)cc2C(F)(F)F)sc2c1CCCC2. The van der Waals surface area contributed by atoms with E-state index in [9.17, 15) is 18.0 Å². The first-order valence-corrected chi connectivity index (χ1v) is 10.6. The number of ether oxygens (including phenoxy) is 1. The van der Waals surface area contributed by atoms with Crippen LogP contribution in [-0.2, 0) is 23.8 Å². The van der Waals surface area contributed by atoms with Crippen molar-refractivity contribution in [2.75, 3.05) is 17.2 Å². The van der Waals surface area contributed by atoms with Gasteiger partial charge in [-0.3, -0.25) is 0 Å². The number of aryl methyl sites for hydroxylation is 1. The molecule has 0 spiro atoms. The summed E-state index contributed by atoms with van der Waals surface area (Å²) < 4.78 is 45.1. The number of carbonyl (C=O) groups excluding carboxylic acids is 1. The highest BCUT2D eigenvalue weighted by molar-refractivity contribution is 7.80. The molecule has 156 valence electrons. The molecule has 2 N–H and O–H groups in total. The quantitative estimate of drug-likeness (QED) is 0.413. The highest BCUT2D eigenvalue weighted by Gasteiger charge is 2.34. The van der Waals surface area contributed by atoms with Crippen molar-refractivity contribution in [2.24, 2.45) is 0 Å². The number of thiocarbonyl (C=S) groups is 1. The smallest absolute Gasteiger partial charge is 0.418 e. The first-order valence-electron chi connectivity index (χ1n) is 8.97. The van der Waals surface area contributed by atoms with Crippen molar-refractivity contribution in [1.82, 2.24) is 0 Å². The van der Waals surface area contributed by atoms with Gasteiger partial charge in [0.1, 0.15) is 5.00 Å². The Hall–Kier alpha value is -1.84. The molecule has 1 aliphatic rings. The summed E-state index contributed by atoms with van der Waals surface area (Å²) >= 11 is 12.3. The molecule has 0 fully saturated rings. The third-order valence-corrected chi connectivity index (χ3v) is 6.06. The Morgan fingerprint density at radius 3 is 2.69 bits per heavy atom. The molecule has 2 aromatic rings. The van der Waals surface area contributed by atoms with Gasteiger partial charge in [0.2, 0.25) is 0 Å². The molecule has 1 aliphatic carbocycles. The maximum atomic E-state index is 13.3. The zero-order valence-electron chi connectivity index (χ0n) is 15.4. The monoisotopic (exact) mass is 462 g/mol. The number of hydrogen-bond donors (Lipinski definition) is 2. The summed E-state index contributed by atoms with van der Waals surface area (Å²) in [5.74, 6) is -0.459. The van der Waals surface area contributed by atoms with Crippen molar-refractivity contribution >= 4 is 56.9 Å². The van der Waals surface area contributed by atoms with Crippen LogP contribution in [0.25, 0.3) is 0 Å². The third-order valence-electron chi connectivity index (χ3n) is 4.41. The van der Waals surface area contributed by atoms with Gasteiger partial charge < -0.3 is 15.4 Å². The largest absolute Gasteiger partial charge is 0.462 e. The molecule has 0 atom stereocenters. The number of anilines is 2. The first-order chi connectivity index (χ1) is 13.7. The predicted molar refractivity (Wildman–Crippen MR) is 113 cm³/mol. The summed E-state index contributed by atoms with van der Waals surface area (Å²) in [6.07, 6.45) is -0.989. The molecule has 0 unspecified atom stereocenters. The van der Waals surface area contributed by atoms with Gasteiger partial charge in [-0.2, -0.15) is 13.2 Å². The van der Waals surface area contributed by atoms with Crippen LogP contribution in [0.3, 0.4) is 0 Å². The van der Waals surface area contributed by atoms with Crippen LogP contribution in [0.5, 0.6) is 0 Å². The van der Waals surface area contributed by atoms with Crippen molar-refractivity contribution in [2.45, 2.75) is 38.8 Å². The van der Waals surface area contributed by atoms with Gasteiger partial charge in [-0.15, -0.1) is 11.3 Å². The van der Waals surface area contributed by atoms with Crippen LogP contribution in [0, 0.1) is 0 Å². The Morgan fingerprint density at radius 1 is 1.28 bits per heavy atom. The molecular formula is C19H18ClF3N2O2S2. The molecular weight excluding hydrogens is 445 g/mol. The number of rotatable bonds is 4. The van der Waals surface area contributed by atoms with Gasteiger partial charge in [0.25, 0.3) is 0 Å². The first kappa shape index (κ1) is 21.9. The Balaban J connectivity index is 1.87. The van der Waals surface area contributed by atoms with Crippen LogP contribution in [0.2, 0.25) is 5.02 Å². The van der Waals surface area contributed by atoms with Gasteiger partial charge in [0, 0.05) is 9.90 Å². The number of esters is 1. The van der Waals surface area contributed by atoms with E-state index in [1.165, 1.54) is 23.5 Å². The van der Waals surface area contributed by atoms with Crippen molar-refractivity contribution in [3.05, 3.63) is 44.8 Å². The fourth-order valence-electron chi connectivity index (χ4n) is 3.19. The minimum absolute atomic E-state index is 0.0303. The molecule has 1 aromatic carbocycles. The number of thiophene rings is 1. The zero-order valence-corrected chi connectivity index (χ0v) is 17.8. The predicted octanol–water partition coefficient (Wildman–Crippen LogP) is 6.28. The van der Waals surface area contributed by atoms with Crippen molar-refractivity contribution in [3.63, 3.8) is 0 Å². The normalized spacial score (nSPS) is 13.6. The lowest BCUT2D eigenvalue weighted by Crippen LogP contribution is -2.22. The van der Waals surface area contributed by atoms with Crippen LogP contribution >= 0.6 is 35.2 Å². The molecule has 4 nitrogen and oxygen atoms in total. The van der Waals surface area contributed by atoms with Gasteiger partial charge in [0.15, 0.2) is 5.11 Å². The van der Waals surface area contributed by atoms with E-state index in [0.29, 0.717) is 10.6 Å². The summed E-state index contributed by atoms with van der Waals surface area (Å²) in [6.45, 7) is 1.94. The molecule has 0 saturated carbocycles. The number of hydrogen-bond acceptors (Lipinski definition) is 4. The Bertz CT molecular complexity index is 944. The molecule has 0 amide bonds. The lowest BCUT2D eigenvalue weighted by atomic mass is 9.95. The van der Waals surface area contributed by atoms with Crippen LogP contribution in [-0.4, -0.2) is 17.7 Å². The van der Waals surface area contributed by atoms with Gasteiger partial charge in [-0.25, -0.2) is 4.79 Å². The third kappa shape index (κ3) is 5.02. The number of carbonyl (C=O) groups is 1. The van der Waals surface area contributed by atoms with Crippen LogP contribution in [0.15, 0.2) is 18.2 Å². The van der Waals surface area contributed by atoms with E-state index in [1.54, 1.807) is 6.92 Å². The summed E-state index contributed by atoms with van der Waals surface area (Å²) in [4.78, 5) is 13.6. The number of fused-ring (bicyclic) bond motifs is 1. The van der Waals surface area contributed by atoms with Crippen molar-refractivity contribution in [1.29, 1.82) is 0 Å². The molecule has 1 aromatic heterocycles. The Labute approximate surface area is 180 Å². The standard InChI is InChI=1S/C19H18ClF3N2O2S2/c1-2-27-17(26)15-11-5-3-4-6-14(11)29-16(15)25-18(28)24-13-8-7-10(20)9-12(13)19(21,22)23/h7-9H,2-6H2,1H3,(H2,24,25,28). The second kappa shape index (κ2) is 8.89. The van der Waals surface area contributed by atoms with Gasteiger partial charge >= 0.3 is 12.1 Å². The molecule has 0 bridgehead atoms. The number of nitrogens with one attached hydrogen (secondary N) is 2. The number of alkyl halides is 3. The van der Waals surface area contributed by atoms with Gasteiger partial charge in [0.05, 0.1) is 23.4 Å². The highest BCUT2D eigenvalue weighted by atomic mass is 35.5. The average Bonchev–Trinajstić information content (AvgIpc) is 3.00. The minimum atomic E-state index is -4.60. The van der Waals surface area contributed by atoms with E-state index in [-0.39, 0.29) is 22.4 Å². The summed E-state index contributed by atoms with van der Waals surface area (Å²) in [7, 11) is 0. The van der Waals surface area contributed by atoms with Crippen LogP contribution in [0.4, 0.5) is 23.9 Å². The van der Waals surface area contributed by atoms with E-state index in [1.807, 2.05) is 0 Å². The van der Waals surface area contributed by atoms with E-state index in [4.69, 9.17) is 28.6 Å². The highest BCUT2D eigenvalue weighted by Crippen LogP contribution is 2.39. The second-order valence-corrected chi connectivity index (χ2v) is 8.35. The summed E-state index contributed by atoms with van der Waals surface area (Å²) in [6, 6.07) is 3.39. The molecule has 0 radical (unpaired) electrons. The lowest BCUT2D eigenvalue weighted by Gasteiger charge is -2.16. The summed E-state index contributed by atoms with van der Waals surface area (Å²) in [5.41, 5.74) is 0.207. The van der Waals surface area contributed by atoms with Gasteiger partial charge in [-0.05, 0) is 68.6 Å². The topological polar surface area (TPSA) is 50.4 Å². The van der Waals surface area contributed by atoms with Gasteiger partial charge in [-0.1, -0.05) is 11.6 Å². The average molecular weight is 463 g/mol. The molecule has 29 heavy (non-hydrogen) atoms. The number of halogens is 4. The van der Waals surface area contributed by atoms with Crippen molar-refractivity contribution in [3.8, 4) is 0 Å². The van der Waals surface area contributed by atoms with Crippen LogP contribution < -0.4 is 10.6 Å². The number of benzene rings is 1. The molecule has 0 saturated heterocycles. The molecule has 10 heteroatoms. The van der Waals surface area contributed by atoms with E-state index < -0.39 is 17.7 Å². The fraction of sp³-hybridized carbons (Fsp3) is 0.368. The summed E-state index contributed by atoms with van der Waals surface area (Å²) in [5, 5.41) is 5.85. The van der Waals surface area contributed by atoms with Crippen molar-refractivity contribution < 1.29 is 22.7 Å². The van der Waals surface area contributed by atoms with E-state index >= 15 is 0 Å². The van der Waals surface area contributed by atoms with E-state index in [2.05, 4.69) is 10.6 Å². The Morgan fingerprint density at radius 2 is 2.00 bits per heavy atom. The maximum Gasteiger partial charge on any atom is 0.418 e.